The van der Waals surface area contributed by atoms with Crippen molar-refractivity contribution in [2.45, 2.75) is 123 Å². The number of aliphatic hydroxyl groups is 1. The lowest BCUT2D eigenvalue weighted by Gasteiger charge is -2.65. The molecule has 1 saturated heterocycles. The molecule has 1 heterocycles. The molecule has 1 aromatic carbocycles. The zero-order valence-electron chi connectivity index (χ0n) is 30.3. The van der Waals surface area contributed by atoms with Crippen LogP contribution in [0.4, 0.5) is 0 Å². The number of carbonyl (C=O) groups is 6. The van der Waals surface area contributed by atoms with Crippen molar-refractivity contribution in [1.82, 2.24) is 0 Å². The molecule has 10 atom stereocenters. The second-order valence-corrected chi connectivity index (χ2v) is 14.7. The lowest BCUT2D eigenvalue weighted by molar-refractivity contribution is -0.352. The molecule has 278 valence electrons. The molecule has 5 rings (SSSR count). The Kier molecular flexibility index (Phi) is 9.93. The number of rotatable bonds is 8. The number of benzene rings is 1. The maximum Gasteiger partial charge on any atom is 0.338 e. The van der Waals surface area contributed by atoms with Crippen LogP contribution < -0.4 is 0 Å². The summed E-state index contributed by atoms with van der Waals surface area (Å²) in [7, 11) is 0. The monoisotopic (exact) mass is 714 g/mol. The molecule has 0 radical (unpaired) electrons. The van der Waals surface area contributed by atoms with Gasteiger partial charge in [0.25, 0.3) is 0 Å². The van der Waals surface area contributed by atoms with E-state index in [2.05, 4.69) is 0 Å². The zero-order valence-corrected chi connectivity index (χ0v) is 30.3. The fraction of sp³-hybridized carbons (Fsp3) is 0.622. The Bertz CT molecular complexity index is 1640. The fourth-order valence-electron chi connectivity index (χ4n) is 9.28. The van der Waals surface area contributed by atoms with Gasteiger partial charge in [0.1, 0.15) is 24.4 Å². The van der Waals surface area contributed by atoms with E-state index in [0.29, 0.717) is 5.57 Å². The molecular weight excluding hydrogens is 668 g/mol. The molecule has 14 nitrogen and oxygen atoms in total. The first-order chi connectivity index (χ1) is 23.7. The highest BCUT2D eigenvalue weighted by atomic mass is 16.6. The third-order valence-corrected chi connectivity index (χ3v) is 11.1. The van der Waals surface area contributed by atoms with Crippen LogP contribution in [-0.2, 0) is 57.1 Å². The Morgan fingerprint density at radius 2 is 1.37 bits per heavy atom. The maximum atomic E-state index is 14.1. The van der Waals surface area contributed by atoms with Crippen molar-refractivity contribution >= 4 is 35.8 Å². The minimum Gasteiger partial charge on any atom is -0.462 e. The predicted molar refractivity (Wildman–Crippen MR) is 174 cm³/mol. The normalized spacial score (nSPS) is 35.4. The minimum atomic E-state index is -1.88. The average molecular weight is 715 g/mol. The van der Waals surface area contributed by atoms with Crippen molar-refractivity contribution in [2.75, 3.05) is 6.61 Å². The van der Waals surface area contributed by atoms with E-state index < -0.39 is 100 Å². The van der Waals surface area contributed by atoms with Gasteiger partial charge in [-0.05, 0) is 44.1 Å². The summed E-state index contributed by atoms with van der Waals surface area (Å²) in [5.41, 5.74) is -6.26. The van der Waals surface area contributed by atoms with Gasteiger partial charge in [-0.1, -0.05) is 25.1 Å². The lowest BCUT2D eigenvalue weighted by atomic mass is 9.49. The molecule has 0 aromatic heterocycles. The van der Waals surface area contributed by atoms with Gasteiger partial charge in [0, 0.05) is 47.5 Å². The molecule has 1 aliphatic heterocycles. The highest BCUT2D eigenvalue weighted by Crippen LogP contribution is 2.69. The molecule has 0 spiro atoms. The first kappa shape index (κ1) is 37.9. The van der Waals surface area contributed by atoms with Gasteiger partial charge in [0.2, 0.25) is 0 Å². The van der Waals surface area contributed by atoms with Crippen LogP contribution in [-0.4, -0.2) is 95.4 Å². The summed E-state index contributed by atoms with van der Waals surface area (Å²) in [5, 5.41) is 12.5. The molecule has 1 unspecified atom stereocenters. The Labute approximate surface area is 296 Å². The Morgan fingerprint density at radius 3 is 1.86 bits per heavy atom. The van der Waals surface area contributed by atoms with Gasteiger partial charge in [-0.2, -0.15) is 0 Å². The van der Waals surface area contributed by atoms with Crippen LogP contribution in [0.2, 0.25) is 0 Å². The predicted octanol–water partition coefficient (Wildman–Crippen LogP) is 3.16. The zero-order chi connectivity index (χ0) is 37.8. The summed E-state index contributed by atoms with van der Waals surface area (Å²) in [6.07, 6.45) is -7.91. The summed E-state index contributed by atoms with van der Waals surface area (Å²) in [6.45, 7) is 12.0. The van der Waals surface area contributed by atoms with Crippen molar-refractivity contribution < 1.29 is 67.0 Å². The van der Waals surface area contributed by atoms with E-state index in [0.717, 1.165) is 6.92 Å². The average Bonchev–Trinajstić information content (AvgIpc) is 3.26. The Hall–Kier alpha value is -4.30. The molecule has 3 aliphatic carbocycles. The van der Waals surface area contributed by atoms with Crippen LogP contribution in [0.3, 0.4) is 0 Å². The van der Waals surface area contributed by atoms with E-state index in [1.54, 1.807) is 32.0 Å². The fourth-order valence-corrected chi connectivity index (χ4v) is 9.28. The number of fused-ring (bicyclic) bond motifs is 4. The quantitative estimate of drug-likeness (QED) is 0.235. The molecule has 51 heavy (non-hydrogen) atoms. The SMILES string of the molecule is CC(=O)O[C@H]1C[C@]2(C(C)(C)O)C(=C1C)[C@@H](OC(=O)c1ccccc1)[C@H](OC(C)=O)[C@@]1(C)C([C@@H]2OC(C)=O)[C@]2(OC(C)=O)CO[C@@H]2C[C@@H]1OC(C)=O. The second-order valence-electron chi connectivity index (χ2n) is 14.7. The number of hydrogen-bond donors (Lipinski definition) is 1. The molecule has 0 bridgehead atoms. The highest BCUT2D eigenvalue weighted by Gasteiger charge is 2.81. The van der Waals surface area contributed by atoms with Crippen LogP contribution >= 0.6 is 0 Å². The van der Waals surface area contributed by atoms with Crippen LogP contribution in [0.1, 0.15) is 85.5 Å². The third-order valence-electron chi connectivity index (χ3n) is 11.1. The van der Waals surface area contributed by atoms with Gasteiger partial charge in [0.15, 0.2) is 17.8 Å². The number of hydrogen-bond acceptors (Lipinski definition) is 14. The number of esters is 6. The standard InChI is InChI=1S/C37H46O14/c1-18-25(46-19(2)38)16-36(34(7,8)44)28(18)29(50-33(43)24-13-11-10-12-14-24)31(48-21(4)40)35(9)26(47-20(3)39)15-27-37(17-45-27,51-23(6)42)30(35)32(36)49-22(5)41/h10-14,25-27,29-32,44H,15-17H2,1-9H3/t25-,26-,27+,29+,30?,31-,32-,35+,36-,37-/m0/s1. The smallest absolute Gasteiger partial charge is 0.338 e. The van der Waals surface area contributed by atoms with Crippen LogP contribution in [0.25, 0.3) is 0 Å². The van der Waals surface area contributed by atoms with Gasteiger partial charge in [-0.25, -0.2) is 4.79 Å². The molecule has 0 amide bonds. The lowest BCUT2D eigenvalue weighted by Crippen LogP contribution is -2.79. The summed E-state index contributed by atoms with van der Waals surface area (Å²) in [4.78, 5) is 78.9. The molecule has 4 aliphatic rings. The minimum absolute atomic E-state index is 0.0482. The largest absolute Gasteiger partial charge is 0.462 e. The number of carbonyl (C=O) groups excluding carboxylic acids is 6. The van der Waals surface area contributed by atoms with Gasteiger partial charge in [0.05, 0.1) is 34.5 Å². The van der Waals surface area contributed by atoms with Gasteiger partial charge >= 0.3 is 35.8 Å². The summed E-state index contributed by atoms with van der Waals surface area (Å²) in [5.74, 6) is -5.73. The second kappa shape index (κ2) is 13.4. The van der Waals surface area contributed by atoms with Crippen molar-refractivity contribution in [2.24, 2.45) is 16.7 Å². The first-order valence-corrected chi connectivity index (χ1v) is 16.9. The van der Waals surface area contributed by atoms with E-state index in [1.165, 1.54) is 53.7 Å². The van der Waals surface area contributed by atoms with Crippen LogP contribution in [0.5, 0.6) is 0 Å². The van der Waals surface area contributed by atoms with Crippen LogP contribution in [0.15, 0.2) is 41.5 Å². The van der Waals surface area contributed by atoms with Crippen LogP contribution in [0, 0.1) is 16.7 Å². The van der Waals surface area contributed by atoms with E-state index in [1.807, 2.05) is 0 Å². The van der Waals surface area contributed by atoms with Crippen molar-refractivity contribution in [3.63, 3.8) is 0 Å². The molecule has 3 fully saturated rings. The molecule has 1 N–H and O–H groups in total. The Morgan fingerprint density at radius 1 is 0.804 bits per heavy atom. The van der Waals surface area contributed by atoms with E-state index in [4.69, 9.17) is 33.2 Å². The molecule has 2 saturated carbocycles. The van der Waals surface area contributed by atoms with Gasteiger partial charge in [-0.15, -0.1) is 0 Å². The van der Waals surface area contributed by atoms with Gasteiger partial charge in [-0.3, -0.25) is 24.0 Å². The number of ether oxygens (including phenoxy) is 7. The summed E-state index contributed by atoms with van der Waals surface area (Å²) >= 11 is 0. The molecular formula is C37H46O14. The molecule has 14 heteroatoms. The third kappa shape index (κ3) is 6.19. The summed E-state index contributed by atoms with van der Waals surface area (Å²) < 4.78 is 42.8. The molecule has 1 aromatic rings. The van der Waals surface area contributed by atoms with E-state index >= 15 is 0 Å². The van der Waals surface area contributed by atoms with E-state index in [-0.39, 0.29) is 30.6 Å². The van der Waals surface area contributed by atoms with Gasteiger partial charge < -0.3 is 38.3 Å². The topological polar surface area (TPSA) is 187 Å². The first-order valence-electron chi connectivity index (χ1n) is 16.9. The Balaban J connectivity index is 1.96. The van der Waals surface area contributed by atoms with Crippen molar-refractivity contribution in [1.29, 1.82) is 0 Å². The van der Waals surface area contributed by atoms with E-state index in [9.17, 15) is 33.9 Å². The highest BCUT2D eigenvalue weighted by molar-refractivity contribution is 5.89. The maximum absolute atomic E-state index is 14.1. The van der Waals surface area contributed by atoms with Crippen molar-refractivity contribution in [3.8, 4) is 0 Å². The van der Waals surface area contributed by atoms with Crippen molar-refractivity contribution in [3.05, 3.63) is 47.0 Å². The summed E-state index contributed by atoms with van der Waals surface area (Å²) in [6, 6.07) is 8.04.